The van der Waals surface area contributed by atoms with E-state index < -0.39 is 5.41 Å². The summed E-state index contributed by atoms with van der Waals surface area (Å²) in [5.41, 5.74) is 20.2. The van der Waals surface area contributed by atoms with Gasteiger partial charge in [-0.25, -0.2) is 0 Å². The van der Waals surface area contributed by atoms with Crippen LogP contribution in [0.25, 0.3) is 33.4 Å². The zero-order chi connectivity index (χ0) is 38.0. The Kier molecular flexibility index (Phi) is 9.20. The van der Waals surface area contributed by atoms with Crippen molar-refractivity contribution in [2.75, 3.05) is 5.32 Å². The van der Waals surface area contributed by atoms with Gasteiger partial charge in [-0.1, -0.05) is 176 Å². The molecule has 1 aliphatic heterocycles. The molecule has 1 heterocycles. The van der Waals surface area contributed by atoms with E-state index in [2.05, 4.69) is 212 Å². The SMILES string of the molecule is C1=C\C2=C(/C=C/Nc3ccc(-c4cccc(-c5cccc(Cc6ccccc6)c5)c4)cc3C3=C/1CCCC3)c1ccccc1C2(c1ccccc1)c1ccccc1. The fourth-order valence-corrected chi connectivity index (χ4v) is 9.59. The predicted molar refractivity (Wildman–Crippen MR) is 240 cm³/mol. The van der Waals surface area contributed by atoms with Gasteiger partial charge in [0, 0.05) is 17.5 Å². The second-order valence-electron chi connectivity index (χ2n) is 15.6. The summed E-state index contributed by atoms with van der Waals surface area (Å²) in [7, 11) is 0. The van der Waals surface area contributed by atoms with Crippen molar-refractivity contribution in [3.63, 3.8) is 0 Å². The van der Waals surface area contributed by atoms with Crippen LogP contribution in [0.15, 0.2) is 218 Å². The van der Waals surface area contributed by atoms with E-state index in [1.165, 1.54) is 96.3 Å². The molecular weight excluding hydrogens is 687 g/mol. The molecule has 7 aromatic rings. The fourth-order valence-electron chi connectivity index (χ4n) is 9.59. The molecule has 3 aliphatic rings. The summed E-state index contributed by atoms with van der Waals surface area (Å²) >= 11 is 0. The summed E-state index contributed by atoms with van der Waals surface area (Å²) in [6.07, 6.45) is 14.9. The van der Waals surface area contributed by atoms with Crippen molar-refractivity contribution in [1.82, 2.24) is 0 Å². The summed E-state index contributed by atoms with van der Waals surface area (Å²) < 4.78 is 0. The molecule has 10 rings (SSSR count). The highest BCUT2D eigenvalue weighted by Gasteiger charge is 2.46. The van der Waals surface area contributed by atoms with Crippen molar-refractivity contribution in [2.45, 2.75) is 37.5 Å². The van der Waals surface area contributed by atoms with E-state index in [0.29, 0.717) is 0 Å². The molecule has 0 aromatic heterocycles. The molecule has 1 N–H and O–H groups in total. The number of hydrogen-bond donors (Lipinski definition) is 1. The van der Waals surface area contributed by atoms with E-state index in [-0.39, 0.29) is 0 Å². The second-order valence-corrected chi connectivity index (χ2v) is 15.6. The average Bonchev–Trinajstić information content (AvgIpc) is 3.55. The highest BCUT2D eigenvalue weighted by atomic mass is 14.8. The van der Waals surface area contributed by atoms with Crippen molar-refractivity contribution in [3.05, 3.63) is 257 Å². The Morgan fingerprint density at radius 2 is 1.07 bits per heavy atom. The average molecular weight is 732 g/mol. The van der Waals surface area contributed by atoms with E-state index in [4.69, 9.17) is 0 Å². The van der Waals surface area contributed by atoms with Crippen LogP contribution in [-0.4, -0.2) is 0 Å². The lowest BCUT2D eigenvalue weighted by Gasteiger charge is -2.35. The second kappa shape index (κ2) is 15.1. The van der Waals surface area contributed by atoms with Crippen LogP contribution < -0.4 is 5.32 Å². The zero-order valence-corrected chi connectivity index (χ0v) is 32.2. The number of nitrogens with one attached hydrogen (secondary N) is 1. The van der Waals surface area contributed by atoms with Gasteiger partial charge in [-0.2, -0.15) is 0 Å². The van der Waals surface area contributed by atoms with Gasteiger partial charge < -0.3 is 5.32 Å². The van der Waals surface area contributed by atoms with E-state index in [1.807, 2.05) is 0 Å². The van der Waals surface area contributed by atoms with Crippen molar-refractivity contribution in [3.8, 4) is 22.3 Å². The lowest BCUT2D eigenvalue weighted by atomic mass is 9.66. The molecule has 0 atom stereocenters. The zero-order valence-electron chi connectivity index (χ0n) is 32.2. The molecule has 0 saturated heterocycles. The Balaban J connectivity index is 1.08. The van der Waals surface area contributed by atoms with Crippen LogP contribution in [0.2, 0.25) is 0 Å². The first-order valence-electron chi connectivity index (χ1n) is 20.4. The van der Waals surface area contributed by atoms with Gasteiger partial charge >= 0.3 is 0 Å². The number of rotatable bonds is 6. The molecule has 0 bridgehead atoms. The Morgan fingerprint density at radius 3 is 1.82 bits per heavy atom. The summed E-state index contributed by atoms with van der Waals surface area (Å²) in [6, 6.07) is 67.0. The van der Waals surface area contributed by atoms with Gasteiger partial charge in [0.25, 0.3) is 0 Å². The van der Waals surface area contributed by atoms with E-state index in [0.717, 1.165) is 24.9 Å². The van der Waals surface area contributed by atoms with Gasteiger partial charge in [-0.3, -0.25) is 0 Å². The van der Waals surface area contributed by atoms with Gasteiger partial charge in [0.2, 0.25) is 0 Å². The van der Waals surface area contributed by atoms with Crippen LogP contribution in [0, 0.1) is 0 Å². The van der Waals surface area contributed by atoms with Crippen LogP contribution in [0.3, 0.4) is 0 Å². The third kappa shape index (κ3) is 6.40. The van der Waals surface area contributed by atoms with Crippen molar-refractivity contribution < 1.29 is 0 Å². The quantitative estimate of drug-likeness (QED) is 0.180. The Morgan fingerprint density at radius 1 is 0.456 bits per heavy atom. The lowest BCUT2D eigenvalue weighted by molar-refractivity contribution is 0.723. The standard InChI is InChI=1S/C56H45N/c1-4-16-40(17-5-1)36-41-18-14-20-43(37-41)44-21-15-22-45(38-44)46-31-33-55-52(39-46)49-27-11-10-19-42(49)30-32-54-51(34-35-57-55)50-28-12-13-29-53(50)56(54,47-23-6-2-7-24-47)48-25-8-3-9-26-48/h1-9,12-18,20-26,28-35,37-39,57H,10-11,19,27,36H2/b32-30-,35-34+. The largest absolute Gasteiger partial charge is 0.361 e. The summed E-state index contributed by atoms with van der Waals surface area (Å²) in [5.74, 6) is 0. The Bertz CT molecular complexity index is 2670. The molecule has 0 spiro atoms. The summed E-state index contributed by atoms with van der Waals surface area (Å²) in [5, 5.41) is 3.81. The van der Waals surface area contributed by atoms with Crippen molar-refractivity contribution in [2.24, 2.45) is 0 Å². The maximum atomic E-state index is 3.81. The van der Waals surface area contributed by atoms with Gasteiger partial charge in [0.15, 0.2) is 0 Å². The van der Waals surface area contributed by atoms with Crippen LogP contribution in [-0.2, 0) is 11.8 Å². The third-order valence-corrected chi connectivity index (χ3v) is 12.2. The monoisotopic (exact) mass is 731 g/mol. The van der Waals surface area contributed by atoms with Crippen LogP contribution >= 0.6 is 0 Å². The highest BCUT2D eigenvalue weighted by molar-refractivity contribution is 5.93. The fraction of sp³-hybridized carbons (Fsp3) is 0.107. The van der Waals surface area contributed by atoms with Crippen LogP contribution in [0.4, 0.5) is 5.69 Å². The molecule has 0 amide bonds. The molecule has 0 saturated carbocycles. The Labute approximate surface area is 337 Å². The molecular formula is C56H45N. The molecule has 2 aliphatic carbocycles. The smallest absolute Gasteiger partial charge is 0.0713 e. The molecule has 1 nitrogen and oxygen atoms in total. The van der Waals surface area contributed by atoms with Gasteiger partial charge in [-0.05, 0) is 134 Å². The van der Waals surface area contributed by atoms with Gasteiger partial charge in [-0.15, -0.1) is 0 Å². The first-order valence-corrected chi connectivity index (χ1v) is 20.4. The summed E-state index contributed by atoms with van der Waals surface area (Å²) in [4.78, 5) is 0. The maximum absolute atomic E-state index is 3.81. The van der Waals surface area contributed by atoms with Crippen molar-refractivity contribution >= 4 is 16.8 Å². The number of allylic oxidation sites excluding steroid dienone is 7. The molecule has 7 aromatic carbocycles. The molecule has 0 radical (unpaired) electrons. The first kappa shape index (κ1) is 34.8. The molecule has 0 unspecified atom stereocenters. The van der Waals surface area contributed by atoms with E-state index >= 15 is 0 Å². The third-order valence-electron chi connectivity index (χ3n) is 12.2. The minimum atomic E-state index is -0.454. The lowest BCUT2D eigenvalue weighted by Crippen LogP contribution is -2.29. The molecule has 1 heteroatoms. The summed E-state index contributed by atoms with van der Waals surface area (Å²) in [6.45, 7) is 0. The van der Waals surface area contributed by atoms with Gasteiger partial charge in [0.05, 0.1) is 5.41 Å². The Hall–Kier alpha value is -6.70. The van der Waals surface area contributed by atoms with E-state index in [1.54, 1.807) is 0 Å². The number of fused-ring (bicyclic) bond motifs is 4. The number of hydrogen-bond acceptors (Lipinski definition) is 1. The minimum Gasteiger partial charge on any atom is -0.361 e. The van der Waals surface area contributed by atoms with E-state index in [9.17, 15) is 0 Å². The molecule has 274 valence electrons. The maximum Gasteiger partial charge on any atom is 0.0713 e. The molecule has 0 fully saturated rings. The van der Waals surface area contributed by atoms with Crippen LogP contribution in [0.1, 0.15) is 64.6 Å². The molecule has 57 heavy (non-hydrogen) atoms. The number of benzene rings is 7. The van der Waals surface area contributed by atoms with Crippen molar-refractivity contribution in [1.29, 1.82) is 0 Å². The first-order chi connectivity index (χ1) is 28.3. The minimum absolute atomic E-state index is 0.454. The van der Waals surface area contributed by atoms with Gasteiger partial charge in [0.1, 0.15) is 0 Å². The topological polar surface area (TPSA) is 12.0 Å². The highest BCUT2D eigenvalue weighted by Crippen LogP contribution is 2.55. The number of anilines is 1. The predicted octanol–water partition coefficient (Wildman–Crippen LogP) is 14.2. The van der Waals surface area contributed by atoms with Crippen LogP contribution in [0.5, 0.6) is 0 Å². The normalized spacial score (nSPS) is 16.6.